The lowest BCUT2D eigenvalue weighted by Gasteiger charge is -2.13. The van der Waals surface area contributed by atoms with Crippen molar-refractivity contribution in [1.29, 1.82) is 0 Å². The third-order valence-electron chi connectivity index (χ3n) is 4.47. The molecule has 3 rings (SSSR count). The highest BCUT2D eigenvalue weighted by atomic mass is 32.2. The summed E-state index contributed by atoms with van der Waals surface area (Å²) >= 11 is 0. The average molecular weight is 360 g/mol. The minimum absolute atomic E-state index is 0.226. The number of pyridine rings is 1. The largest absolute Gasteiger partial charge is 0.478 e. The Morgan fingerprint density at radius 3 is 2.80 bits per heavy atom. The summed E-state index contributed by atoms with van der Waals surface area (Å²) in [4.78, 5) is 15.5. The SMILES string of the molecule is CS(=O)(=O)N1CCC(Cc2ccnc(-c3cccc(C(=O)O)c3)c2)C1. The number of rotatable bonds is 5. The zero-order valence-corrected chi connectivity index (χ0v) is 14.7. The topological polar surface area (TPSA) is 87.6 Å². The highest BCUT2D eigenvalue weighted by Gasteiger charge is 2.28. The number of carboxylic acid groups (broad SMARTS) is 1. The minimum Gasteiger partial charge on any atom is -0.478 e. The predicted octanol–water partition coefficient (Wildman–Crippen LogP) is 2.27. The van der Waals surface area contributed by atoms with E-state index in [2.05, 4.69) is 4.98 Å². The lowest BCUT2D eigenvalue weighted by Crippen LogP contribution is -2.27. The molecule has 0 bridgehead atoms. The molecule has 2 aromatic rings. The van der Waals surface area contributed by atoms with E-state index >= 15 is 0 Å². The highest BCUT2D eigenvalue weighted by molar-refractivity contribution is 7.88. The Labute approximate surface area is 147 Å². The number of aromatic carboxylic acids is 1. The van der Waals surface area contributed by atoms with Gasteiger partial charge in [-0.25, -0.2) is 17.5 Å². The molecule has 25 heavy (non-hydrogen) atoms. The van der Waals surface area contributed by atoms with E-state index < -0.39 is 16.0 Å². The van der Waals surface area contributed by atoms with E-state index in [9.17, 15) is 13.2 Å². The summed E-state index contributed by atoms with van der Waals surface area (Å²) in [6.07, 6.45) is 4.58. The Morgan fingerprint density at radius 2 is 2.12 bits per heavy atom. The van der Waals surface area contributed by atoms with Gasteiger partial charge in [-0.3, -0.25) is 4.98 Å². The first kappa shape index (κ1) is 17.6. The third kappa shape index (κ3) is 4.24. The Balaban J connectivity index is 1.77. The molecular formula is C18H20N2O4S. The molecule has 6 nitrogen and oxygen atoms in total. The van der Waals surface area contributed by atoms with Crippen molar-refractivity contribution in [3.8, 4) is 11.3 Å². The van der Waals surface area contributed by atoms with Crippen LogP contribution in [0.4, 0.5) is 0 Å². The van der Waals surface area contributed by atoms with Crippen LogP contribution in [0.15, 0.2) is 42.6 Å². The first-order chi connectivity index (χ1) is 11.8. The summed E-state index contributed by atoms with van der Waals surface area (Å²) in [5.74, 6) is -0.680. The maximum atomic E-state index is 11.6. The first-order valence-electron chi connectivity index (χ1n) is 8.07. The van der Waals surface area contributed by atoms with Crippen molar-refractivity contribution in [3.63, 3.8) is 0 Å². The zero-order valence-electron chi connectivity index (χ0n) is 13.9. The van der Waals surface area contributed by atoms with E-state index in [0.29, 0.717) is 13.1 Å². The van der Waals surface area contributed by atoms with Crippen LogP contribution in [0.2, 0.25) is 0 Å². The zero-order chi connectivity index (χ0) is 18.0. The Morgan fingerprint density at radius 1 is 1.32 bits per heavy atom. The molecule has 1 aliphatic rings. The van der Waals surface area contributed by atoms with Gasteiger partial charge in [0.2, 0.25) is 10.0 Å². The number of hydrogen-bond acceptors (Lipinski definition) is 4. The number of hydrogen-bond donors (Lipinski definition) is 1. The van der Waals surface area contributed by atoms with Gasteiger partial charge in [-0.2, -0.15) is 0 Å². The molecule has 2 heterocycles. The summed E-state index contributed by atoms with van der Waals surface area (Å²) in [6, 6.07) is 10.6. The number of aromatic nitrogens is 1. The molecule has 1 unspecified atom stereocenters. The van der Waals surface area contributed by atoms with E-state index in [4.69, 9.17) is 5.11 Å². The lowest BCUT2D eigenvalue weighted by atomic mass is 9.98. The second kappa shape index (κ2) is 6.93. The normalized spacial score (nSPS) is 18.4. The summed E-state index contributed by atoms with van der Waals surface area (Å²) in [7, 11) is -3.13. The molecule has 1 aliphatic heterocycles. The van der Waals surface area contributed by atoms with Crippen molar-refractivity contribution in [3.05, 3.63) is 53.7 Å². The molecule has 1 N–H and O–H groups in total. The molecule has 0 amide bonds. The highest BCUT2D eigenvalue weighted by Crippen LogP contribution is 2.25. The monoisotopic (exact) mass is 360 g/mol. The quantitative estimate of drug-likeness (QED) is 0.884. The van der Waals surface area contributed by atoms with Gasteiger partial charge in [-0.1, -0.05) is 12.1 Å². The molecule has 1 saturated heterocycles. The Kier molecular flexibility index (Phi) is 4.87. The average Bonchev–Trinajstić information content (AvgIpc) is 3.04. The van der Waals surface area contributed by atoms with Gasteiger partial charge in [-0.15, -0.1) is 0 Å². The van der Waals surface area contributed by atoms with E-state index in [1.54, 1.807) is 24.4 Å². The summed E-state index contributed by atoms with van der Waals surface area (Å²) in [6.45, 7) is 1.12. The molecule has 0 spiro atoms. The summed E-state index contributed by atoms with van der Waals surface area (Å²) < 4.78 is 24.8. The molecule has 0 radical (unpaired) electrons. The second-order valence-corrected chi connectivity index (χ2v) is 8.40. The fraction of sp³-hybridized carbons (Fsp3) is 0.333. The predicted molar refractivity (Wildman–Crippen MR) is 94.9 cm³/mol. The van der Waals surface area contributed by atoms with Crippen LogP contribution in [0.3, 0.4) is 0 Å². The first-order valence-corrected chi connectivity index (χ1v) is 9.91. The third-order valence-corrected chi connectivity index (χ3v) is 5.74. The minimum atomic E-state index is -3.13. The van der Waals surface area contributed by atoms with E-state index in [0.717, 1.165) is 29.7 Å². The molecule has 1 atom stereocenters. The van der Waals surface area contributed by atoms with Crippen molar-refractivity contribution in [2.45, 2.75) is 12.8 Å². The van der Waals surface area contributed by atoms with E-state index in [-0.39, 0.29) is 11.5 Å². The van der Waals surface area contributed by atoms with Gasteiger partial charge in [0, 0.05) is 24.8 Å². The van der Waals surface area contributed by atoms with Gasteiger partial charge in [0.05, 0.1) is 17.5 Å². The Bertz CT molecular complexity index is 895. The Hall–Kier alpha value is -2.25. The fourth-order valence-corrected chi connectivity index (χ4v) is 4.09. The van der Waals surface area contributed by atoms with Crippen LogP contribution in [0.1, 0.15) is 22.3 Å². The molecular weight excluding hydrogens is 340 g/mol. The molecule has 0 aliphatic carbocycles. The smallest absolute Gasteiger partial charge is 0.335 e. The van der Waals surface area contributed by atoms with Crippen molar-refractivity contribution in [2.24, 2.45) is 5.92 Å². The standard InChI is InChI=1S/C18H20N2O4S/c1-25(23,24)20-8-6-14(12-20)9-13-5-7-19-17(10-13)15-3-2-4-16(11-15)18(21)22/h2-5,7,10-11,14H,6,8-9,12H2,1H3,(H,21,22). The van der Waals surface area contributed by atoms with E-state index in [1.807, 2.05) is 18.2 Å². The van der Waals surface area contributed by atoms with Crippen LogP contribution in [0.25, 0.3) is 11.3 Å². The van der Waals surface area contributed by atoms with Gasteiger partial charge in [-0.05, 0) is 48.6 Å². The summed E-state index contributed by atoms with van der Waals surface area (Å²) in [5, 5.41) is 9.12. The number of benzene rings is 1. The number of carbonyl (C=O) groups is 1. The van der Waals surface area contributed by atoms with E-state index in [1.165, 1.54) is 10.6 Å². The van der Waals surface area contributed by atoms with Gasteiger partial charge in [0.15, 0.2) is 0 Å². The molecule has 1 aromatic heterocycles. The van der Waals surface area contributed by atoms with Crippen LogP contribution in [0.5, 0.6) is 0 Å². The van der Waals surface area contributed by atoms with Crippen molar-refractivity contribution < 1.29 is 18.3 Å². The number of carboxylic acids is 1. The van der Waals surface area contributed by atoms with Crippen molar-refractivity contribution in [1.82, 2.24) is 9.29 Å². The molecule has 1 aromatic carbocycles. The molecule has 132 valence electrons. The van der Waals surface area contributed by atoms with Crippen LogP contribution >= 0.6 is 0 Å². The maximum Gasteiger partial charge on any atom is 0.335 e. The van der Waals surface area contributed by atoms with Crippen LogP contribution < -0.4 is 0 Å². The van der Waals surface area contributed by atoms with Crippen LogP contribution in [-0.2, 0) is 16.4 Å². The number of sulfonamides is 1. The van der Waals surface area contributed by atoms with Gasteiger partial charge in [0.25, 0.3) is 0 Å². The number of nitrogens with zero attached hydrogens (tertiary/aromatic N) is 2. The summed E-state index contributed by atoms with van der Waals surface area (Å²) in [5.41, 5.74) is 2.78. The van der Waals surface area contributed by atoms with Crippen LogP contribution in [-0.4, -0.2) is 48.1 Å². The van der Waals surface area contributed by atoms with Gasteiger partial charge >= 0.3 is 5.97 Å². The van der Waals surface area contributed by atoms with Crippen LogP contribution in [0, 0.1) is 5.92 Å². The molecule has 1 fully saturated rings. The second-order valence-electron chi connectivity index (χ2n) is 6.42. The molecule has 7 heteroatoms. The molecule has 0 saturated carbocycles. The lowest BCUT2D eigenvalue weighted by molar-refractivity contribution is 0.0697. The van der Waals surface area contributed by atoms with Crippen molar-refractivity contribution >= 4 is 16.0 Å². The fourth-order valence-electron chi connectivity index (χ4n) is 3.17. The van der Waals surface area contributed by atoms with Gasteiger partial charge < -0.3 is 5.11 Å². The van der Waals surface area contributed by atoms with Gasteiger partial charge in [0.1, 0.15) is 0 Å². The van der Waals surface area contributed by atoms with Crippen molar-refractivity contribution in [2.75, 3.05) is 19.3 Å². The maximum absolute atomic E-state index is 11.6.